The lowest BCUT2D eigenvalue weighted by Gasteiger charge is -2.20. The molecule has 0 aliphatic carbocycles. The van der Waals surface area contributed by atoms with Crippen LogP contribution in [-0.4, -0.2) is 28.5 Å². The predicted molar refractivity (Wildman–Crippen MR) is 145 cm³/mol. The van der Waals surface area contributed by atoms with Gasteiger partial charge in [0.2, 0.25) is 0 Å². The van der Waals surface area contributed by atoms with Crippen LogP contribution in [0.5, 0.6) is 5.75 Å². The number of carbonyl (C=O) groups is 1. The molecule has 0 saturated heterocycles. The fourth-order valence-electron chi connectivity index (χ4n) is 3.44. The summed E-state index contributed by atoms with van der Waals surface area (Å²) in [6.07, 6.45) is 0. The number of anilines is 2. The van der Waals surface area contributed by atoms with E-state index in [4.69, 9.17) is 4.74 Å². The molecular formula is C28H26N2O4S2. The van der Waals surface area contributed by atoms with Crippen molar-refractivity contribution < 1.29 is 17.9 Å². The molecule has 0 saturated carbocycles. The van der Waals surface area contributed by atoms with E-state index in [-0.39, 0.29) is 10.8 Å². The summed E-state index contributed by atoms with van der Waals surface area (Å²) >= 11 is 1.76. The minimum absolute atomic E-state index is 0.151. The molecule has 4 rings (SSSR count). The van der Waals surface area contributed by atoms with Gasteiger partial charge < -0.3 is 10.1 Å². The van der Waals surface area contributed by atoms with Crippen LogP contribution < -0.4 is 14.4 Å². The number of amides is 1. The first-order valence-electron chi connectivity index (χ1n) is 11.2. The highest BCUT2D eigenvalue weighted by Gasteiger charge is 2.21. The first-order valence-corrected chi connectivity index (χ1v) is 13.6. The van der Waals surface area contributed by atoms with Crippen molar-refractivity contribution in [2.45, 2.75) is 15.5 Å². The number of nitrogens with zero attached hydrogens (tertiary/aromatic N) is 1. The van der Waals surface area contributed by atoms with E-state index in [1.54, 1.807) is 48.2 Å². The Bertz CT molecular complexity index is 1410. The summed E-state index contributed by atoms with van der Waals surface area (Å²) in [6, 6.07) is 30.6. The molecule has 0 fully saturated rings. The van der Waals surface area contributed by atoms with Gasteiger partial charge in [-0.2, -0.15) is 0 Å². The summed E-state index contributed by atoms with van der Waals surface area (Å²) < 4.78 is 32.2. The minimum atomic E-state index is -3.75. The number of hydrogen-bond acceptors (Lipinski definition) is 5. The van der Waals surface area contributed by atoms with Crippen LogP contribution in [0.25, 0.3) is 0 Å². The van der Waals surface area contributed by atoms with Gasteiger partial charge in [0, 0.05) is 28.9 Å². The molecule has 1 amide bonds. The molecule has 36 heavy (non-hydrogen) atoms. The molecule has 0 radical (unpaired) electrons. The normalized spacial score (nSPS) is 11.1. The van der Waals surface area contributed by atoms with Crippen LogP contribution >= 0.6 is 11.8 Å². The Kier molecular flexibility index (Phi) is 7.97. The molecule has 1 N–H and O–H groups in total. The monoisotopic (exact) mass is 518 g/mol. The standard InChI is InChI=1S/C28H26N2O4S2/c1-30(36(32,33)27-18-16-25(34-2)17-19-27)24-14-10-22(11-15-24)28(31)29-23-12-8-21(9-13-23)20-35-26-6-4-3-5-7-26/h3-19H,20H2,1-2H3,(H,29,31). The molecule has 0 atom stereocenters. The van der Waals surface area contributed by atoms with Crippen molar-refractivity contribution in [2.24, 2.45) is 0 Å². The second-order valence-corrected chi connectivity index (χ2v) is 11.0. The minimum Gasteiger partial charge on any atom is -0.497 e. The average molecular weight is 519 g/mol. The maximum atomic E-state index is 13.0. The molecule has 0 aliphatic rings. The van der Waals surface area contributed by atoms with Crippen molar-refractivity contribution in [3.8, 4) is 5.75 Å². The van der Waals surface area contributed by atoms with Gasteiger partial charge in [-0.25, -0.2) is 8.42 Å². The van der Waals surface area contributed by atoms with Crippen LogP contribution in [-0.2, 0) is 15.8 Å². The van der Waals surface area contributed by atoms with Gasteiger partial charge in [0.25, 0.3) is 15.9 Å². The quantitative estimate of drug-likeness (QED) is 0.272. The summed E-state index contributed by atoms with van der Waals surface area (Å²) in [5.74, 6) is 1.15. The molecule has 0 heterocycles. The molecule has 4 aromatic carbocycles. The molecule has 184 valence electrons. The van der Waals surface area contributed by atoms with E-state index < -0.39 is 10.0 Å². The van der Waals surface area contributed by atoms with E-state index in [1.165, 1.54) is 35.5 Å². The molecule has 4 aromatic rings. The molecule has 0 spiro atoms. The summed E-state index contributed by atoms with van der Waals surface area (Å²) in [5.41, 5.74) is 2.73. The number of methoxy groups -OCH3 is 1. The summed E-state index contributed by atoms with van der Waals surface area (Å²) in [4.78, 5) is 14.1. The van der Waals surface area contributed by atoms with E-state index in [1.807, 2.05) is 42.5 Å². The highest BCUT2D eigenvalue weighted by molar-refractivity contribution is 7.98. The van der Waals surface area contributed by atoms with Gasteiger partial charge in [0.05, 0.1) is 17.7 Å². The molecule has 0 bridgehead atoms. The Morgan fingerprint density at radius 1 is 0.861 bits per heavy atom. The summed E-state index contributed by atoms with van der Waals surface area (Å²) in [7, 11) is -0.749. The third-order valence-electron chi connectivity index (χ3n) is 5.57. The number of sulfonamides is 1. The van der Waals surface area contributed by atoms with E-state index >= 15 is 0 Å². The highest BCUT2D eigenvalue weighted by Crippen LogP contribution is 2.25. The highest BCUT2D eigenvalue weighted by atomic mass is 32.2. The van der Waals surface area contributed by atoms with Gasteiger partial charge in [0.1, 0.15) is 5.75 Å². The fourth-order valence-corrected chi connectivity index (χ4v) is 5.51. The van der Waals surface area contributed by atoms with Gasteiger partial charge in [-0.1, -0.05) is 30.3 Å². The van der Waals surface area contributed by atoms with Crippen molar-refractivity contribution in [1.82, 2.24) is 0 Å². The second-order valence-electron chi connectivity index (χ2n) is 7.95. The molecular weight excluding hydrogens is 492 g/mol. The topological polar surface area (TPSA) is 75.7 Å². The zero-order chi connectivity index (χ0) is 25.5. The number of ether oxygens (including phenoxy) is 1. The van der Waals surface area contributed by atoms with Crippen molar-refractivity contribution in [2.75, 3.05) is 23.8 Å². The maximum absolute atomic E-state index is 13.0. The van der Waals surface area contributed by atoms with Crippen LogP contribution in [0.15, 0.2) is 113 Å². The Labute approximate surface area is 216 Å². The van der Waals surface area contributed by atoms with E-state index in [0.29, 0.717) is 22.7 Å². The Hall–Kier alpha value is -3.75. The van der Waals surface area contributed by atoms with Gasteiger partial charge in [0.15, 0.2) is 0 Å². The first kappa shape index (κ1) is 25.3. The van der Waals surface area contributed by atoms with Gasteiger partial charge in [-0.05, 0) is 78.4 Å². The van der Waals surface area contributed by atoms with Crippen LogP contribution in [0, 0.1) is 0 Å². The van der Waals surface area contributed by atoms with Crippen LogP contribution in [0.2, 0.25) is 0 Å². The third-order valence-corrected chi connectivity index (χ3v) is 8.45. The number of nitrogens with one attached hydrogen (secondary N) is 1. The van der Waals surface area contributed by atoms with Crippen LogP contribution in [0.3, 0.4) is 0 Å². The lowest BCUT2D eigenvalue weighted by molar-refractivity contribution is 0.102. The van der Waals surface area contributed by atoms with Crippen molar-refractivity contribution in [3.05, 3.63) is 114 Å². The molecule has 8 heteroatoms. The number of hydrogen-bond donors (Lipinski definition) is 1. The zero-order valence-electron chi connectivity index (χ0n) is 19.9. The average Bonchev–Trinajstić information content (AvgIpc) is 2.93. The van der Waals surface area contributed by atoms with Gasteiger partial charge in [-0.3, -0.25) is 9.10 Å². The van der Waals surface area contributed by atoms with E-state index in [2.05, 4.69) is 17.4 Å². The SMILES string of the molecule is COc1ccc(S(=O)(=O)N(C)c2ccc(C(=O)Nc3ccc(CSc4ccccc4)cc3)cc2)cc1. The third kappa shape index (κ3) is 6.08. The van der Waals surface area contributed by atoms with Crippen LogP contribution in [0.4, 0.5) is 11.4 Å². The zero-order valence-corrected chi connectivity index (χ0v) is 21.6. The van der Waals surface area contributed by atoms with Gasteiger partial charge in [-0.15, -0.1) is 11.8 Å². The Morgan fingerprint density at radius 2 is 1.50 bits per heavy atom. The van der Waals surface area contributed by atoms with Crippen molar-refractivity contribution in [3.63, 3.8) is 0 Å². The second kappa shape index (κ2) is 11.3. The molecule has 0 unspecified atom stereocenters. The molecule has 0 aliphatic heterocycles. The van der Waals surface area contributed by atoms with Gasteiger partial charge >= 0.3 is 0 Å². The lowest BCUT2D eigenvalue weighted by atomic mass is 10.1. The summed E-state index contributed by atoms with van der Waals surface area (Å²) in [5, 5.41) is 2.89. The number of rotatable bonds is 9. The Morgan fingerprint density at radius 3 is 2.11 bits per heavy atom. The predicted octanol–water partition coefficient (Wildman–Crippen LogP) is 6.06. The lowest BCUT2D eigenvalue weighted by Crippen LogP contribution is -2.26. The number of benzene rings is 4. The number of thioether (sulfide) groups is 1. The van der Waals surface area contributed by atoms with Crippen molar-refractivity contribution >= 4 is 39.1 Å². The van der Waals surface area contributed by atoms with Crippen molar-refractivity contribution in [1.29, 1.82) is 0 Å². The van der Waals surface area contributed by atoms with E-state index in [9.17, 15) is 13.2 Å². The molecule has 0 aromatic heterocycles. The molecule has 6 nitrogen and oxygen atoms in total. The largest absolute Gasteiger partial charge is 0.497 e. The Balaban J connectivity index is 1.37. The fraction of sp³-hybridized carbons (Fsp3) is 0.107. The maximum Gasteiger partial charge on any atom is 0.264 e. The summed E-state index contributed by atoms with van der Waals surface area (Å²) in [6.45, 7) is 0. The van der Waals surface area contributed by atoms with E-state index in [0.717, 1.165) is 11.3 Å². The smallest absolute Gasteiger partial charge is 0.264 e. The number of carbonyl (C=O) groups excluding carboxylic acids is 1. The van der Waals surface area contributed by atoms with Crippen LogP contribution in [0.1, 0.15) is 15.9 Å². The first-order chi connectivity index (χ1) is 17.4.